The van der Waals surface area contributed by atoms with E-state index in [0.29, 0.717) is 6.42 Å². The fraction of sp³-hybridized carbons (Fsp3) is 0.417. The predicted molar refractivity (Wildman–Crippen MR) is 71.0 cm³/mol. The summed E-state index contributed by atoms with van der Waals surface area (Å²) in [4.78, 5) is 11.8. The molecule has 0 saturated heterocycles. The highest BCUT2D eigenvalue weighted by molar-refractivity contribution is 6.39. The fourth-order valence-electron chi connectivity index (χ4n) is 1.32. The SMILES string of the molecule is CCC(N)C(O)COC(=O)c1c(Cl)cccc1Cl. The van der Waals surface area contributed by atoms with Crippen LogP contribution in [-0.4, -0.2) is 29.8 Å². The number of nitrogens with two attached hydrogens (primary N) is 1. The Morgan fingerprint density at radius 1 is 1.44 bits per heavy atom. The van der Waals surface area contributed by atoms with E-state index in [9.17, 15) is 9.90 Å². The van der Waals surface area contributed by atoms with Gasteiger partial charge in [0.25, 0.3) is 0 Å². The van der Waals surface area contributed by atoms with E-state index in [4.69, 9.17) is 33.7 Å². The highest BCUT2D eigenvalue weighted by Crippen LogP contribution is 2.24. The quantitative estimate of drug-likeness (QED) is 0.816. The van der Waals surface area contributed by atoms with Crippen LogP contribution in [0.25, 0.3) is 0 Å². The van der Waals surface area contributed by atoms with Crippen LogP contribution in [0.2, 0.25) is 10.0 Å². The minimum absolute atomic E-state index is 0.0955. The molecular formula is C12H15Cl2NO3. The van der Waals surface area contributed by atoms with Crippen molar-refractivity contribution in [2.24, 2.45) is 5.73 Å². The Kier molecular flexibility index (Phi) is 5.88. The lowest BCUT2D eigenvalue weighted by molar-refractivity contribution is 0.0192. The molecule has 0 fully saturated rings. The summed E-state index contributed by atoms with van der Waals surface area (Å²) in [6, 6.07) is 4.28. The topological polar surface area (TPSA) is 72.6 Å². The molecule has 3 N–H and O–H groups in total. The Morgan fingerprint density at radius 3 is 2.50 bits per heavy atom. The molecule has 2 unspecified atom stereocenters. The molecule has 0 spiro atoms. The highest BCUT2D eigenvalue weighted by Gasteiger charge is 2.19. The standard InChI is InChI=1S/C12H15Cl2NO3/c1-2-9(15)10(16)6-18-12(17)11-7(13)4-3-5-8(11)14/h3-5,9-10,16H,2,6,15H2,1H3. The second kappa shape index (κ2) is 6.95. The minimum Gasteiger partial charge on any atom is -0.459 e. The van der Waals surface area contributed by atoms with Crippen LogP contribution in [0.3, 0.4) is 0 Å². The molecule has 0 aliphatic rings. The largest absolute Gasteiger partial charge is 0.459 e. The Morgan fingerprint density at radius 2 is 2.00 bits per heavy atom. The zero-order valence-corrected chi connectivity index (χ0v) is 11.4. The monoisotopic (exact) mass is 291 g/mol. The number of benzene rings is 1. The molecule has 0 bridgehead atoms. The maximum Gasteiger partial charge on any atom is 0.341 e. The first kappa shape index (κ1) is 15.2. The number of hydrogen-bond acceptors (Lipinski definition) is 4. The van der Waals surface area contributed by atoms with Gasteiger partial charge in [-0.1, -0.05) is 36.2 Å². The van der Waals surface area contributed by atoms with Crippen molar-refractivity contribution in [3.63, 3.8) is 0 Å². The first-order chi connectivity index (χ1) is 8.47. The molecule has 1 aromatic rings. The maximum atomic E-state index is 11.8. The van der Waals surface area contributed by atoms with Crippen molar-refractivity contribution in [2.45, 2.75) is 25.5 Å². The molecule has 0 aromatic heterocycles. The first-order valence-corrected chi connectivity index (χ1v) is 6.27. The van der Waals surface area contributed by atoms with Crippen molar-refractivity contribution in [1.29, 1.82) is 0 Å². The van der Waals surface area contributed by atoms with Crippen LogP contribution in [0.5, 0.6) is 0 Å². The van der Waals surface area contributed by atoms with Crippen LogP contribution in [0.1, 0.15) is 23.7 Å². The van der Waals surface area contributed by atoms with Crippen molar-refractivity contribution < 1.29 is 14.6 Å². The van der Waals surface area contributed by atoms with Gasteiger partial charge in [-0.25, -0.2) is 4.79 Å². The van der Waals surface area contributed by atoms with Gasteiger partial charge in [0.05, 0.1) is 15.6 Å². The average Bonchev–Trinajstić information content (AvgIpc) is 2.34. The molecule has 0 aliphatic carbocycles. The van der Waals surface area contributed by atoms with Gasteiger partial charge in [0.15, 0.2) is 0 Å². The molecule has 6 heteroatoms. The van der Waals surface area contributed by atoms with E-state index in [-0.39, 0.29) is 22.2 Å². The lowest BCUT2D eigenvalue weighted by Gasteiger charge is -2.17. The molecule has 4 nitrogen and oxygen atoms in total. The number of hydrogen-bond donors (Lipinski definition) is 2. The Balaban J connectivity index is 2.66. The van der Waals surface area contributed by atoms with Crippen molar-refractivity contribution >= 4 is 29.2 Å². The number of aliphatic hydroxyl groups excluding tert-OH is 1. The number of carbonyl (C=O) groups excluding carboxylic acids is 1. The summed E-state index contributed by atoms with van der Waals surface area (Å²) in [6.45, 7) is 1.65. The Hall–Kier alpha value is -0.810. The van der Waals surface area contributed by atoms with Gasteiger partial charge in [-0.3, -0.25) is 0 Å². The summed E-state index contributed by atoms with van der Waals surface area (Å²) >= 11 is 11.7. The number of halogens is 2. The van der Waals surface area contributed by atoms with E-state index in [1.54, 1.807) is 6.07 Å². The van der Waals surface area contributed by atoms with E-state index in [0.717, 1.165) is 0 Å². The van der Waals surface area contributed by atoms with Crippen molar-refractivity contribution in [3.05, 3.63) is 33.8 Å². The molecule has 1 rings (SSSR count). The van der Waals surface area contributed by atoms with Gasteiger partial charge < -0.3 is 15.6 Å². The van der Waals surface area contributed by atoms with Crippen LogP contribution < -0.4 is 5.73 Å². The number of aliphatic hydroxyl groups is 1. The average molecular weight is 292 g/mol. The second-order valence-corrected chi connectivity index (χ2v) is 4.65. The summed E-state index contributed by atoms with van der Waals surface area (Å²) in [6.07, 6.45) is -0.314. The van der Waals surface area contributed by atoms with E-state index in [1.807, 2.05) is 6.92 Å². The summed E-state index contributed by atoms with van der Waals surface area (Å²) in [5.74, 6) is -0.673. The second-order valence-electron chi connectivity index (χ2n) is 3.83. The molecule has 0 radical (unpaired) electrons. The minimum atomic E-state index is -0.903. The van der Waals surface area contributed by atoms with Gasteiger partial charge >= 0.3 is 5.97 Å². The van der Waals surface area contributed by atoms with E-state index in [2.05, 4.69) is 0 Å². The molecule has 18 heavy (non-hydrogen) atoms. The summed E-state index contributed by atoms with van der Waals surface area (Å²) in [7, 11) is 0. The Bertz CT molecular complexity index is 406. The van der Waals surface area contributed by atoms with Gasteiger partial charge in [0, 0.05) is 6.04 Å². The zero-order valence-electron chi connectivity index (χ0n) is 9.90. The van der Waals surface area contributed by atoms with Crippen LogP contribution in [-0.2, 0) is 4.74 Å². The normalized spacial score (nSPS) is 14.1. The lowest BCUT2D eigenvalue weighted by atomic mass is 10.1. The third-order valence-electron chi connectivity index (χ3n) is 2.52. The molecule has 0 saturated carbocycles. The third-order valence-corrected chi connectivity index (χ3v) is 3.15. The van der Waals surface area contributed by atoms with Gasteiger partial charge in [0.1, 0.15) is 12.7 Å². The van der Waals surface area contributed by atoms with Crippen molar-refractivity contribution in [1.82, 2.24) is 0 Å². The van der Waals surface area contributed by atoms with Crippen molar-refractivity contribution in [3.8, 4) is 0 Å². The van der Waals surface area contributed by atoms with E-state index in [1.165, 1.54) is 12.1 Å². The third kappa shape index (κ3) is 3.85. The van der Waals surface area contributed by atoms with Gasteiger partial charge in [-0.15, -0.1) is 0 Å². The molecule has 0 aliphatic heterocycles. The van der Waals surface area contributed by atoms with E-state index < -0.39 is 18.1 Å². The molecule has 100 valence electrons. The van der Waals surface area contributed by atoms with Crippen LogP contribution in [0.15, 0.2) is 18.2 Å². The molecule has 0 heterocycles. The summed E-state index contributed by atoms with van der Waals surface area (Å²) in [5.41, 5.74) is 5.70. The van der Waals surface area contributed by atoms with Gasteiger partial charge in [-0.2, -0.15) is 0 Å². The molecule has 2 atom stereocenters. The fourth-order valence-corrected chi connectivity index (χ4v) is 1.87. The zero-order chi connectivity index (χ0) is 13.7. The number of esters is 1. The molecule has 1 aromatic carbocycles. The van der Waals surface area contributed by atoms with Crippen LogP contribution in [0, 0.1) is 0 Å². The smallest absolute Gasteiger partial charge is 0.341 e. The predicted octanol–water partition coefficient (Wildman–Crippen LogP) is 2.25. The highest BCUT2D eigenvalue weighted by atomic mass is 35.5. The number of carbonyl (C=O) groups is 1. The van der Waals surface area contributed by atoms with Crippen LogP contribution >= 0.6 is 23.2 Å². The molecular weight excluding hydrogens is 277 g/mol. The van der Waals surface area contributed by atoms with Crippen molar-refractivity contribution in [2.75, 3.05) is 6.61 Å². The lowest BCUT2D eigenvalue weighted by Crippen LogP contribution is -2.37. The van der Waals surface area contributed by atoms with E-state index >= 15 is 0 Å². The first-order valence-electron chi connectivity index (χ1n) is 5.52. The van der Waals surface area contributed by atoms with Crippen LogP contribution in [0.4, 0.5) is 0 Å². The Labute approximate surface area is 116 Å². The van der Waals surface area contributed by atoms with Gasteiger partial charge in [0.2, 0.25) is 0 Å². The molecule has 0 amide bonds. The maximum absolute atomic E-state index is 11.8. The summed E-state index contributed by atoms with van der Waals surface area (Å²) in [5, 5.41) is 10.0. The summed E-state index contributed by atoms with van der Waals surface area (Å²) < 4.78 is 4.94. The number of ether oxygens (including phenoxy) is 1. The van der Waals surface area contributed by atoms with Gasteiger partial charge in [-0.05, 0) is 18.6 Å². The number of rotatable bonds is 5.